The number of fused-ring (bicyclic) bond motifs is 1. The molecular weight excluding hydrogens is 361 g/mol. The molecular formula is C21H26FN3O3. The second-order valence-corrected chi connectivity index (χ2v) is 9.05. The van der Waals surface area contributed by atoms with Crippen molar-refractivity contribution in [1.29, 1.82) is 0 Å². The predicted octanol–water partition coefficient (Wildman–Crippen LogP) is 3.05. The lowest BCUT2D eigenvalue weighted by atomic mass is 9.81. The molecule has 1 aromatic heterocycles. The summed E-state index contributed by atoms with van der Waals surface area (Å²) >= 11 is 0. The van der Waals surface area contributed by atoms with Crippen LogP contribution in [0.2, 0.25) is 0 Å². The minimum Gasteiger partial charge on any atom is -0.477 e. The summed E-state index contributed by atoms with van der Waals surface area (Å²) in [6, 6.07) is 1.30. The normalized spacial score (nSPS) is 21.9. The van der Waals surface area contributed by atoms with E-state index in [2.05, 4.69) is 13.8 Å². The number of carbonyl (C=O) groups is 1. The Labute approximate surface area is 162 Å². The van der Waals surface area contributed by atoms with Gasteiger partial charge in [0.2, 0.25) is 5.43 Å². The number of aromatic carboxylic acids is 1. The van der Waals surface area contributed by atoms with E-state index in [1.54, 1.807) is 0 Å². The van der Waals surface area contributed by atoms with Crippen LogP contribution in [0.3, 0.4) is 0 Å². The second kappa shape index (κ2) is 6.30. The number of benzene rings is 1. The molecule has 0 spiro atoms. The summed E-state index contributed by atoms with van der Waals surface area (Å²) in [6.07, 6.45) is 4.13. The molecule has 2 heterocycles. The van der Waals surface area contributed by atoms with E-state index in [-0.39, 0.29) is 28.4 Å². The third kappa shape index (κ3) is 3.07. The molecule has 150 valence electrons. The number of piperidine rings is 1. The molecule has 0 amide bonds. The van der Waals surface area contributed by atoms with Gasteiger partial charge in [0.05, 0.1) is 11.2 Å². The zero-order chi connectivity index (χ0) is 20.4. The lowest BCUT2D eigenvalue weighted by Crippen LogP contribution is -2.51. The van der Waals surface area contributed by atoms with Crippen LogP contribution in [-0.4, -0.2) is 34.8 Å². The molecule has 0 radical (unpaired) electrons. The van der Waals surface area contributed by atoms with Gasteiger partial charge in [0.1, 0.15) is 11.4 Å². The van der Waals surface area contributed by atoms with E-state index >= 15 is 4.39 Å². The van der Waals surface area contributed by atoms with Gasteiger partial charge in [-0.3, -0.25) is 4.79 Å². The summed E-state index contributed by atoms with van der Waals surface area (Å²) in [5, 5.41) is 9.54. The molecule has 1 saturated carbocycles. The van der Waals surface area contributed by atoms with Crippen LogP contribution in [0.25, 0.3) is 10.9 Å². The first-order chi connectivity index (χ1) is 13.1. The lowest BCUT2D eigenvalue weighted by Gasteiger charge is -2.43. The van der Waals surface area contributed by atoms with Crippen molar-refractivity contribution < 1.29 is 14.3 Å². The highest BCUT2D eigenvalue weighted by Crippen LogP contribution is 2.41. The predicted molar refractivity (Wildman–Crippen MR) is 107 cm³/mol. The number of aromatic nitrogens is 1. The Kier molecular flexibility index (Phi) is 4.26. The van der Waals surface area contributed by atoms with E-state index in [9.17, 15) is 14.7 Å². The maximum atomic E-state index is 15.2. The molecule has 6 nitrogen and oxygen atoms in total. The number of rotatable bonds is 3. The standard InChI is InChI=1S/C21H26FN3O3/c1-11-17-14(19(26)15(20(27)28)9-25(17)13-4-5-13)6-16(22)18(11)24-8-12(23)7-21(2,3)10-24/h6,9,12-13H,4-5,7-8,10,23H2,1-3H3,(H,27,28)/t12-/m0/s1. The van der Waals surface area contributed by atoms with Crippen molar-refractivity contribution in [1.82, 2.24) is 4.57 Å². The Balaban J connectivity index is 1.98. The maximum absolute atomic E-state index is 15.2. The Bertz CT molecular complexity index is 1040. The zero-order valence-electron chi connectivity index (χ0n) is 16.5. The molecule has 7 heteroatoms. The van der Waals surface area contributed by atoms with Gasteiger partial charge in [-0.25, -0.2) is 9.18 Å². The number of pyridine rings is 1. The van der Waals surface area contributed by atoms with Gasteiger partial charge in [0, 0.05) is 36.8 Å². The number of carboxylic acids is 1. The highest BCUT2D eigenvalue weighted by Gasteiger charge is 2.34. The van der Waals surface area contributed by atoms with Crippen LogP contribution < -0.4 is 16.1 Å². The minimum atomic E-state index is -1.29. The highest BCUT2D eigenvalue weighted by molar-refractivity contribution is 5.95. The van der Waals surface area contributed by atoms with E-state index in [1.807, 2.05) is 16.4 Å². The number of nitrogens with zero attached hydrogens (tertiary/aromatic N) is 2. The average molecular weight is 387 g/mol. The molecule has 4 rings (SSSR count). The van der Waals surface area contributed by atoms with Crippen molar-refractivity contribution in [3.63, 3.8) is 0 Å². The van der Waals surface area contributed by atoms with E-state index in [1.165, 1.54) is 12.3 Å². The average Bonchev–Trinajstić information content (AvgIpc) is 3.38. The van der Waals surface area contributed by atoms with Crippen molar-refractivity contribution >= 4 is 22.6 Å². The molecule has 28 heavy (non-hydrogen) atoms. The molecule has 1 aliphatic heterocycles. The molecule has 0 bridgehead atoms. The monoisotopic (exact) mass is 387 g/mol. The van der Waals surface area contributed by atoms with Gasteiger partial charge >= 0.3 is 5.97 Å². The van der Waals surface area contributed by atoms with Crippen molar-refractivity contribution in [2.75, 3.05) is 18.0 Å². The summed E-state index contributed by atoms with van der Waals surface area (Å²) in [6.45, 7) is 7.27. The van der Waals surface area contributed by atoms with Crippen molar-refractivity contribution in [2.45, 2.75) is 52.1 Å². The molecule has 1 atom stereocenters. The number of carboxylic acid groups (broad SMARTS) is 1. The molecule has 0 unspecified atom stereocenters. The first kappa shape index (κ1) is 18.9. The molecule has 1 aromatic carbocycles. The quantitative estimate of drug-likeness (QED) is 0.845. The molecule has 2 fully saturated rings. The lowest BCUT2D eigenvalue weighted by molar-refractivity contribution is 0.0695. The van der Waals surface area contributed by atoms with Gasteiger partial charge in [0.15, 0.2) is 0 Å². The maximum Gasteiger partial charge on any atom is 0.341 e. The van der Waals surface area contributed by atoms with Crippen LogP contribution in [0.15, 0.2) is 17.1 Å². The Hall–Kier alpha value is -2.41. The van der Waals surface area contributed by atoms with Crippen molar-refractivity contribution in [2.24, 2.45) is 11.1 Å². The summed E-state index contributed by atoms with van der Waals surface area (Å²) in [4.78, 5) is 26.2. The van der Waals surface area contributed by atoms with Gasteiger partial charge < -0.3 is 20.3 Å². The molecule has 1 saturated heterocycles. The fourth-order valence-electron chi connectivity index (χ4n) is 4.72. The first-order valence-corrected chi connectivity index (χ1v) is 9.71. The van der Waals surface area contributed by atoms with Gasteiger partial charge in [-0.2, -0.15) is 0 Å². The van der Waals surface area contributed by atoms with Crippen LogP contribution >= 0.6 is 0 Å². The fraction of sp³-hybridized carbons (Fsp3) is 0.524. The minimum absolute atomic E-state index is 0.0468. The third-order valence-electron chi connectivity index (χ3n) is 5.85. The van der Waals surface area contributed by atoms with E-state index in [4.69, 9.17) is 5.73 Å². The second-order valence-electron chi connectivity index (χ2n) is 9.05. The topological polar surface area (TPSA) is 88.6 Å². The number of aryl methyl sites for hydroxylation is 1. The zero-order valence-corrected chi connectivity index (χ0v) is 16.5. The Morgan fingerprint density at radius 3 is 2.61 bits per heavy atom. The van der Waals surface area contributed by atoms with E-state index in [0.717, 1.165) is 19.3 Å². The van der Waals surface area contributed by atoms with E-state index in [0.29, 0.717) is 29.9 Å². The van der Waals surface area contributed by atoms with Crippen LogP contribution in [0.5, 0.6) is 0 Å². The van der Waals surface area contributed by atoms with Crippen LogP contribution in [0.4, 0.5) is 10.1 Å². The van der Waals surface area contributed by atoms with Crippen LogP contribution in [0, 0.1) is 18.2 Å². The van der Waals surface area contributed by atoms with Gasteiger partial charge in [-0.05, 0) is 43.2 Å². The summed E-state index contributed by atoms with van der Waals surface area (Å²) in [7, 11) is 0. The van der Waals surface area contributed by atoms with Crippen LogP contribution in [-0.2, 0) is 0 Å². The summed E-state index contributed by atoms with van der Waals surface area (Å²) < 4.78 is 17.1. The Morgan fingerprint density at radius 1 is 1.36 bits per heavy atom. The van der Waals surface area contributed by atoms with Crippen molar-refractivity contribution in [3.05, 3.63) is 39.4 Å². The number of anilines is 1. The number of hydrogen-bond donors (Lipinski definition) is 2. The van der Waals surface area contributed by atoms with Gasteiger partial charge in [0.25, 0.3) is 0 Å². The van der Waals surface area contributed by atoms with Gasteiger partial charge in [-0.1, -0.05) is 13.8 Å². The van der Waals surface area contributed by atoms with Crippen molar-refractivity contribution in [3.8, 4) is 0 Å². The Morgan fingerprint density at radius 2 is 2.04 bits per heavy atom. The number of hydrogen-bond acceptors (Lipinski definition) is 4. The fourth-order valence-corrected chi connectivity index (χ4v) is 4.72. The largest absolute Gasteiger partial charge is 0.477 e. The summed E-state index contributed by atoms with van der Waals surface area (Å²) in [5.41, 5.74) is 7.00. The number of nitrogens with two attached hydrogens (primary N) is 1. The van der Waals surface area contributed by atoms with E-state index < -0.39 is 17.2 Å². The summed E-state index contributed by atoms with van der Waals surface area (Å²) in [5.74, 6) is -1.79. The highest BCUT2D eigenvalue weighted by atomic mass is 19.1. The van der Waals surface area contributed by atoms with Gasteiger partial charge in [-0.15, -0.1) is 0 Å². The molecule has 2 aliphatic rings. The molecule has 3 N–H and O–H groups in total. The third-order valence-corrected chi connectivity index (χ3v) is 5.85. The molecule has 1 aliphatic carbocycles. The number of halogens is 1. The SMILES string of the molecule is Cc1c(N2C[C@@H](N)CC(C)(C)C2)c(F)cc2c(=O)c(C(=O)O)cn(C3CC3)c12. The first-order valence-electron chi connectivity index (χ1n) is 9.71. The smallest absolute Gasteiger partial charge is 0.341 e. The van der Waals surface area contributed by atoms with Crippen LogP contribution in [0.1, 0.15) is 55.1 Å². The molecule has 2 aromatic rings.